The van der Waals surface area contributed by atoms with Gasteiger partial charge in [0.1, 0.15) is 11.7 Å². The van der Waals surface area contributed by atoms with Gasteiger partial charge < -0.3 is 15.7 Å². The van der Waals surface area contributed by atoms with Crippen LogP contribution in [0.3, 0.4) is 0 Å². The summed E-state index contributed by atoms with van der Waals surface area (Å²) in [4.78, 5) is 47.2. The van der Waals surface area contributed by atoms with Crippen molar-refractivity contribution in [2.24, 2.45) is 5.92 Å². The van der Waals surface area contributed by atoms with E-state index in [1.54, 1.807) is 38.1 Å². The molecule has 0 fully saturated rings. The molecule has 0 heterocycles. The highest BCUT2D eigenvalue weighted by Gasteiger charge is 2.26. The summed E-state index contributed by atoms with van der Waals surface area (Å²) < 4.78 is 0.508. The van der Waals surface area contributed by atoms with Gasteiger partial charge in [-0.05, 0) is 57.8 Å². The van der Waals surface area contributed by atoms with Crippen LogP contribution in [0.2, 0.25) is 0 Å². The molecule has 3 N–H and O–H groups in total. The Morgan fingerprint density at radius 3 is 2.23 bits per heavy atom. The maximum absolute atomic E-state index is 12.8. The maximum atomic E-state index is 12.8. The molecular formula is C21H20BrN3O6. The van der Waals surface area contributed by atoms with Crippen LogP contribution in [-0.2, 0) is 9.59 Å². The van der Waals surface area contributed by atoms with Gasteiger partial charge >= 0.3 is 5.97 Å². The topological polar surface area (TPSA) is 139 Å². The van der Waals surface area contributed by atoms with E-state index in [4.69, 9.17) is 0 Å². The van der Waals surface area contributed by atoms with E-state index >= 15 is 0 Å². The Morgan fingerprint density at radius 2 is 1.71 bits per heavy atom. The fourth-order valence-electron chi connectivity index (χ4n) is 2.58. The number of carboxylic acids is 1. The van der Waals surface area contributed by atoms with Crippen LogP contribution in [0.5, 0.6) is 0 Å². The summed E-state index contributed by atoms with van der Waals surface area (Å²) in [5, 5.41) is 25.1. The Kier molecular flexibility index (Phi) is 8.03. The molecule has 0 aromatic heterocycles. The van der Waals surface area contributed by atoms with Gasteiger partial charge in [0.15, 0.2) is 0 Å². The number of hydrogen-bond donors (Lipinski definition) is 3. The zero-order valence-corrected chi connectivity index (χ0v) is 18.3. The van der Waals surface area contributed by atoms with Crippen molar-refractivity contribution in [3.05, 3.63) is 79.9 Å². The summed E-state index contributed by atoms with van der Waals surface area (Å²) in [6, 6.07) is 10.7. The van der Waals surface area contributed by atoms with E-state index in [9.17, 15) is 29.6 Å². The van der Waals surface area contributed by atoms with Crippen molar-refractivity contribution in [3.63, 3.8) is 0 Å². The molecule has 2 aromatic carbocycles. The average Bonchev–Trinajstić information content (AvgIpc) is 2.71. The highest BCUT2D eigenvalue weighted by Crippen LogP contribution is 2.18. The number of nitrogens with zero attached hydrogens (tertiary/aromatic N) is 1. The number of benzene rings is 2. The van der Waals surface area contributed by atoms with Gasteiger partial charge in [0, 0.05) is 16.6 Å². The normalized spacial score (nSPS) is 12.2. The fourth-order valence-corrected chi connectivity index (χ4v) is 3.05. The Bertz CT molecular complexity index is 1030. The summed E-state index contributed by atoms with van der Waals surface area (Å²) in [5.41, 5.74) is 0.329. The van der Waals surface area contributed by atoms with Gasteiger partial charge in [0.2, 0.25) is 0 Å². The average molecular weight is 490 g/mol. The Morgan fingerprint density at radius 1 is 1.10 bits per heavy atom. The van der Waals surface area contributed by atoms with Crippen LogP contribution in [0, 0.1) is 16.0 Å². The van der Waals surface area contributed by atoms with Gasteiger partial charge in [-0.3, -0.25) is 19.7 Å². The van der Waals surface area contributed by atoms with Crippen LogP contribution >= 0.6 is 15.9 Å². The lowest BCUT2D eigenvalue weighted by atomic mass is 10.0. The summed E-state index contributed by atoms with van der Waals surface area (Å²) in [6.07, 6.45) is 1.31. The minimum atomic E-state index is -1.21. The number of carbonyl (C=O) groups excluding carboxylic acids is 2. The van der Waals surface area contributed by atoms with Gasteiger partial charge in [-0.1, -0.05) is 26.0 Å². The molecule has 0 radical (unpaired) electrons. The van der Waals surface area contributed by atoms with Crippen LogP contribution in [0.15, 0.2) is 58.7 Å². The van der Waals surface area contributed by atoms with E-state index < -0.39 is 34.7 Å². The number of rotatable bonds is 8. The quantitative estimate of drug-likeness (QED) is 0.295. The second-order valence-corrected chi connectivity index (χ2v) is 7.73. The van der Waals surface area contributed by atoms with E-state index in [0.717, 1.165) is 0 Å². The number of carbonyl (C=O) groups is 3. The largest absolute Gasteiger partial charge is 0.480 e. The molecule has 0 aliphatic heterocycles. The monoisotopic (exact) mass is 489 g/mol. The van der Waals surface area contributed by atoms with E-state index in [1.165, 1.54) is 30.3 Å². The van der Waals surface area contributed by atoms with Crippen LogP contribution in [0.25, 0.3) is 6.08 Å². The number of nitrogens with one attached hydrogen (secondary N) is 2. The number of aliphatic carboxylic acids is 1. The van der Waals surface area contributed by atoms with Gasteiger partial charge in [0.05, 0.1) is 10.5 Å². The van der Waals surface area contributed by atoms with Crippen molar-refractivity contribution in [2.45, 2.75) is 19.9 Å². The minimum absolute atomic E-state index is 0.133. The first kappa shape index (κ1) is 23.7. The van der Waals surface area contributed by atoms with E-state index in [1.807, 2.05) is 0 Å². The number of nitro groups is 1. The highest BCUT2D eigenvalue weighted by molar-refractivity contribution is 9.10. The molecule has 0 bridgehead atoms. The predicted octanol–water partition coefficient (Wildman–Crippen LogP) is 3.35. The summed E-state index contributed by atoms with van der Waals surface area (Å²) in [6.45, 7) is 3.27. The molecule has 0 aliphatic rings. The zero-order chi connectivity index (χ0) is 23.1. The summed E-state index contributed by atoms with van der Waals surface area (Å²) in [7, 11) is 0. The molecule has 0 unspecified atom stereocenters. The molecule has 2 amide bonds. The minimum Gasteiger partial charge on any atom is -0.480 e. The van der Waals surface area contributed by atoms with Crippen molar-refractivity contribution in [1.29, 1.82) is 0 Å². The first-order chi connectivity index (χ1) is 14.6. The highest BCUT2D eigenvalue weighted by atomic mass is 79.9. The fraction of sp³-hybridized carbons (Fsp3) is 0.190. The standard InChI is InChI=1S/C21H20BrN3O6/c1-12(2)18(21(28)29)24-20(27)17(11-13-7-9-14(10-8-13)25(30)31)23-19(26)15-5-3-4-6-16(15)22/h3-12,18H,1-2H3,(H,23,26)(H,24,27)(H,28,29)/b17-11-/t18-/m0/s1. The van der Waals surface area contributed by atoms with E-state index in [0.29, 0.717) is 10.0 Å². The van der Waals surface area contributed by atoms with Gasteiger partial charge in [-0.25, -0.2) is 4.79 Å². The molecule has 10 heteroatoms. The van der Waals surface area contributed by atoms with Gasteiger partial charge in [-0.15, -0.1) is 0 Å². The molecule has 0 aliphatic carbocycles. The maximum Gasteiger partial charge on any atom is 0.326 e. The van der Waals surface area contributed by atoms with Crippen LogP contribution in [-0.4, -0.2) is 33.9 Å². The van der Waals surface area contributed by atoms with Gasteiger partial charge in [-0.2, -0.15) is 0 Å². The summed E-state index contributed by atoms with van der Waals surface area (Å²) >= 11 is 3.27. The number of nitro benzene ring substituents is 1. The Balaban J connectivity index is 2.39. The number of hydrogen-bond acceptors (Lipinski definition) is 5. The lowest BCUT2D eigenvalue weighted by Gasteiger charge is -2.19. The second-order valence-electron chi connectivity index (χ2n) is 6.87. The molecule has 31 heavy (non-hydrogen) atoms. The molecule has 162 valence electrons. The third kappa shape index (κ3) is 6.48. The molecule has 0 saturated heterocycles. The first-order valence-electron chi connectivity index (χ1n) is 9.16. The SMILES string of the molecule is CC(C)[C@H](NC(=O)/C(=C/c1ccc([N+](=O)[O-])cc1)NC(=O)c1ccccc1Br)C(=O)O. The lowest BCUT2D eigenvalue weighted by Crippen LogP contribution is -2.47. The van der Waals surface area contributed by atoms with Crippen molar-refractivity contribution in [2.75, 3.05) is 0 Å². The predicted molar refractivity (Wildman–Crippen MR) is 117 cm³/mol. The molecule has 0 saturated carbocycles. The Hall–Kier alpha value is -3.53. The van der Waals surface area contributed by atoms with E-state index in [2.05, 4.69) is 26.6 Å². The molecule has 9 nitrogen and oxygen atoms in total. The number of halogens is 1. The zero-order valence-electron chi connectivity index (χ0n) is 16.7. The first-order valence-corrected chi connectivity index (χ1v) is 9.95. The second kappa shape index (κ2) is 10.5. The van der Waals surface area contributed by atoms with Crippen molar-refractivity contribution < 1.29 is 24.4 Å². The van der Waals surface area contributed by atoms with Crippen molar-refractivity contribution in [1.82, 2.24) is 10.6 Å². The van der Waals surface area contributed by atoms with Crippen LogP contribution < -0.4 is 10.6 Å². The van der Waals surface area contributed by atoms with Crippen LogP contribution in [0.4, 0.5) is 5.69 Å². The number of non-ortho nitro benzene ring substituents is 1. The molecule has 2 aromatic rings. The smallest absolute Gasteiger partial charge is 0.326 e. The third-order valence-electron chi connectivity index (χ3n) is 4.25. The van der Waals surface area contributed by atoms with E-state index in [-0.39, 0.29) is 16.9 Å². The Labute approximate surface area is 186 Å². The summed E-state index contributed by atoms with van der Waals surface area (Å²) in [5.74, 6) is -3.01. The van der Waals surface area contributed by atoms with Gasteiger partial charge in [0.25, 0.3) is 17.5 Å². The van der Waals surface area contributed by atoms with Crippen molar-refractivity contribution >= 4 is 45.5 Å². The molecule has 1 atom stereocenters. The molecule has 0 spiro atoms. The van der Waals surface area contributed by atoms with Crippen LogP contribution in [0.1, 0.15) is 29.8 Å². The number of carboxylic acid groups (broad SMARTS) is 1. The lowest BCUT2D eigenvalue weighted by molar-refractivity contribution is -0.384. The van der Waals surface area contributed by atoms with Crippen molar-refractivity contribution in [3.8, 4) is 0 Å². The third-order valence-corrected chi connectivity index (χ3v) is 4.94. The number of amides is 2. The molecule has 2 rings (SSSR count). The molecular weight excluding hydrogens is 470 g/mol.